The van der Waals surface area contributed by atoms with Gasteiger partial charge in [-0.25, -0.2) is 9.97 Å². The van der Waals surface area contributed by atoms with Crippen molar-refractivity contribution in [3.8, 4) is 0 Å². The summed E-state index contributed by atoms with van der Waals surface area (Å²) in [6.07, 6.45) is -4.34. The molecule has 0 N–H and O–H groups in total. The number of para-hydroxylation sites is 1. The highest BCUT2D eigenvalue weighted by molar-refractivity contribution is 5.92. The van der Waals surface area contributed by atoms with E-state index in [4.69, 9.17) is 4.98 Å². The molecule has 5 rings (SSSR count). The average molecular weight is 412 g/mol. The summed E-state index contributed by atoms with van der Waals surface area (Å²) in [5, 5.41) is 5.45. The highest BCUT2D eigenvalue weighted by atomic mass is 19.4. The number of alkyl halides is 3. The van der Waals surface area contributed by atoms with E-state index in [9.17, 15) is 13.2 Å². The van der Waals surface area contributed by atoms with Crippen LogP contribution in [-0.2, 0) is 6.18 Å². The summed E-state index contributed by atoms with van der Waals surface area (Å²) >= 11 is 0. The zero-order valence-corrected chi connectivity index (χ0v) is 16.3. The van der Waals surface area contributed by atoms with Crippen LogP contribution in [0.1, 0.15) is 11.4 Å². The minimum Gasteiger partial charge on any atom is -0.368 e. The molecule has 6 nitrogen and oxygen atoms in total. The minimum atomic E-state index is -4.34. The summed E-state index contributed by atoms with van der Waals surface area (Å²) in [4.78, 5) is 13.4. The second-order valence-electron chi connectivity index (χ2n) is 7.35. The van der Waals surface area contributed by atoms with Gasteiger partial charge in [0.25, 0.3) is 0 Å². The van der Waals surface area contributed by atoms with Gasteiger partial charge in [0.05, 0.1) is 11.1 Å². The average Bonchev–Trinajstić information content (AvgIpc) is 3.14. The van der Waals surface area contributed by atoms with E-state index in [0.29, 0.717) is 43.6 Å². The van der Waals surface area contributed by atoms with E-state index in [0.717, 1.165) is 22.6 Å². The molecule has 4 aromatic rings. The van der Waals surface area contributed by atoms with Gasteiger partial charge in [-0.1, -0.05) is 18.2 Å². The molecule has 0 atom stereocenters. The molecule has 2 aromatic heterocycles. The maximum Gasteiger partial charge on any atom is 0.416 e. The van der Waals surface area contributed by atoms with Crippen LogP contribution in [0.15, 0.2) is 48.5 Å². The Morgan fingerprint density at radius 3 is 2.37 bits per heavy atom. The predicted molar refractivity (Wildman–Crippen MR) is 109 cm³/mol. The van der Waals surface area contributed by atoms with E-state index in [1.54, 1.807) is 10.6 Å². The summed E-state index contributed by atoms with van der Waals surface area (Å²) in [6, 6.07) is 13.3. The molecular weight excluding hydrogens is 393 g/mol. The highest BCUT2D eigenvalue weighted by Gasteiger charge is 2.31. The molecule has 0 amide bonds. The number of rotatable bonds is 2. The van der Waals surface area contributed by atoms with Crippen molar-refractivity contribution >= 4 is 28.2 Å². The van der Waals surface area contributed by atoms with E-state index < -0.39 is 11.7 Å². The Bertz CT molecular complexity index is 1220. The van der Waals surface area contributed by atoms with Crippen molar-refractivity contribution in [1.82, 2.24) is 19.6 Å². The van der Waals surface area contributed by atoms with Crippen molar-refractivity contribution in [2.24, 2.45) is 0 Å². The van der Waals surface area contributed by atoms with Crippen molar-refractivity contribution in [1.29, 1.82) is 0 Å². The topological polar surface area (TPSA) is 49.6 Å². The zero-order chi connectivity index (χ0) is 20.9. The van der Waals surface area contributed by atoms with Crippen molar-refractivity contribution < 1.29 is 13.2 Å². The number of anilines is 2. The molecule has 30 heavy (non-hydrogen) atoms. The van der Waals surface area contributed by atoms with Gasteiger partial charge < -0.3 is 9.80 Å². The second-order valence-corrected chi connectivity index (χ2v) is 7.35. The Balaban J connectivity index is 1.44. The van der Waals surface area contributed by atoms with Crippen molar-refractivity contribution in [3.63, 3.8) is 0 Å². The van der Waals surface area contributed by atoms with Crippen LogP contribution < -0.4 is 9.80 Å². The van der Waals surface area contributed by atoms with Crippen LogP contribution in [0, 0.1) is 6.92 Å². The summed E-state index contributed by atoms with van der Waals surface area (Å²) < 4.78 is 40.9. The Morgan fingerprint density at radius 2 is 1.60 bits per heavy atom. The molecule has 0 aliphatic carbocycles. The first-order valence-corrected chi connectivity index (χ1v) is 9.69. The van der Waals surface area contributed by atoms with Gasteiger partial charge >= 0.3 is 6.18 Å². The fourth-order valence-electron chi connectivity index (χ4n) is 3.89. The molecule has 1 fully saturated rings. The molecule has 154 valence electrons. The summed E-state index contributed by atoms with van der Waals surface area (Å²) in [5.41, 5.74) is 1.55. The molecule has 0 bridgehead atoms. The first-order chi connectivity index (χ1) is 14.4. The van der Waals surface area contributed by atoms with Crippen LogP contribution in [0.5, 0.6) is 0 Å². The first-order valence-electron chi connectivity index (χ1n) is 9.69. The predicted octanol–water partition coefficient (Wildman–Crippen LogP) is 3.93. The molecule has 3 heterocycles. The van der Waals surface area contributed by atoms with E-state index in [1.165, 1.54) is 12.1 Å². The Morgan fingerprint density at radius 1 is 0.867 bits per heavy atom. The largest absolute Gasteiger partial charge is 0.416 e. The Labute approximate surface area is 170 Å². The Hall–Kier alpha value is -3.36. The van der Waals surface area contributed by atoms with Crippen molar-refractivity contribution in [2.75, 3.05) is 36.0 Å². The molecule has 1 aliphatic rings. The lowest BCUT2D eigenvalue weighted by Crippen LogP contribution is -2.47. The van der Waals surface area contributed by atoms with Crippen LogP contribution >= 0.6 is 0 Å². The number of piperazine rings is 1. The lowest BCUT2D eigenvalue weighted by atomic mass is 10.1. The Kier molecular flexibility index (Phi) is 4.27. The molecule has 0 saturated carbocycles. The van der Waals surface area contributed by atoms with E-state index >= 15 is 0 Å². The molecule has 9 heteroatoms. The number of fused-ring (bicyclic) bond motifs is 3. The van der Waals surface area contributed by atoms with Crippen LogP contribution in [0.25, 0.3) is 16.6 Å². The first kappa shape index (κ1) is 18.7. The van der Waals surface area contributed by atoms with Crippen LogP contribution in [0.3, 0.4) is 0 Å². The van der Waals surface area contributed by atoms with Gasteiger partial charge in [-0.15, -0.1) is 5.10 Å². The van der Waals surface area contributed by atoms with Gasteiger partial charge in [-0.3, -0.25) is 0 Å². The molecule has 0 spiro atoms. The molecular formula is C21H19F3N6. The standard InChI is InChI=1S/C21H19F3N6/c1-14-25-19-17-7-2-3-8-18(17)26-20(30(19)27-14)29-11-9-28(10-12-29)16-6-4-5-15(13-16)21(22,23)24/h2-8,13H,9-12H2,1H3. The van der Waals surface area contributed by atoms with Crippen LogP contribution in [0.4, 0.5) is 24.8 Å². The minimum absolute atomic E-state index is 0.581. The van der Waals surface area contributed by atoms with Crippen LogP contribution in [-0.4, -0.2) is 45.8 Å². The lowest BCUT2D eigenvalue weighted by Gasteiger charge is -2.36. The normalized spacial score (nSPS) is 15.3. The third-order valence-electron chi connectivity index (χ3n) is 5.37. The highest BCUT2D eigenvalue weighted by Crippen LogP contribution is 2.32. The van der Waals surface area contributed by atoms with Crippen molar-refractivity contribution in [2.45, 2.75) is 13.1 Å². The zero-order valence-electron chi connectivity index (χ0n) is 16.3. The van der Waals surface area contributed by atoms with Gasteiger partial charge in [0.15, 0.2) is 5.65 Å². The summed E-state index contributed by atoms with van der Waals surface area (Å²) in [6.45, 7) is 4.26. The van der Waals surface area contributed by atoms with Gasteiger partial charge in [0.1, 0.15) is 5.82 Å². The summed E-state index contributed by atoms with van der Waals surface area (Å²) in [5.74, 6) is 1.37. The molecule has 2 aromatic carbocycles. The maximum absolute atomic E-state index is 13.0. The number of hydrogen-bond acceptors (Lipinski definition) is 5. The number of aromatic nitrogens is 4. The SMILES string of the molecule is Cc1nc2c3ccccc3nc(N3CCN(c4cccc(C(F)(F)F)c4)CC3)n2n1. The maximum atomic E-state index is 13.0. The number of benzene rings is 2. The van der Waals surface area contributed by atoms with E-state index in [-0.39, 0.29) is 0 Å². The number of aryl methyl sites for hydroxylation is 1. The number of nitrogens with zero attached hydrogens (tertiary/aromatic N) is 6. The quantitative estimate of drug-likeness (QED) is 0.499. The molecule has 1 saturated heterocycles. The van der Waals surface area contributed by atoms with Gasteiger partial charge in [0, 0.05) is 37.3 Å². The number of halogens is 3. The second kappa shape index (κ2) is 6.86. The van der Waals surface area contributed by atoms with Crippen LogP contribution in [0.2, 0.25) is 0 Å². The monoisotopic (exact) mass is 412 g/mol. The van der Waals surface area contributed by atoms with E-state index in [2.05, 4.69) is 15.0 Å². The van der Waals surface area contributed by atoms with Crippen molar-refractivity contribution in [3.05, 3.63) is 59.9 Å². The smallest absolute Gasteiger partial charge is 0.368 e. The molecule has 1 aliphatic heterocycles. The molecule has 0 unspecified atom stereocenters. The summed E-state index contributed by atoms with van der Waals surface area (Å²) in [7, 11) is 0. The third-order valence-corrected chi connectivity index (χ3v) is 5.37. The van der Waals surface area contributed by atoms with Gasteiger partial charge in [-0.05, 0) is 37.3 Å². The third kappa shape index (κ3) is 3.20. The lowest BCUT2D eigenvalue weighted by molar-refractivity contribution is -0.137. The fourth-order valence-corrected chi connectivity index (χ4v) is 3.89. The van der Waals surface area contributed by atoms with Gasteiger partial charge in [0.2, 0.25) is 5.95 Å². The molecule has 0 radical (unpaired) electrons. The number of hydrogen-bond donors (Lipinski definition) is 0. The fraction of sp³-hybridized carbons (Fsp3) is 0.286. The van der Waals surface area contributed by atoms with E-state index in [1.807, 2.05) is 36.1 Å². The van der Waals surface area contributed by atoms with Gasteiger partial charge in [-0.2, -0.15) is 17.7 Å².